The van der Waals surface area contributed by atoms with E-state index in [2.05, 4.69) is 13.5 Å². The van der Waals surface area contributed by atoms with Crippen molar-refractivity contribution in [2.45, 2.75) is 6.92 Å². The molecule has 2 radical (unpaired) electrons. The minimum Gasteiger partial charge on any atom is -0.187 e. The summed E-state index contributed by atoms with van der Waals surface area (Å²) in [7, 11) is 5.15. The normalized spacial score (nSPS) is 8.71. The first-order valence-electron chi connectivity index (χ1n) is 1.99. The molecule has 0 atom stereocenters. The van der Waals surface area contributed by atoms with Gasteiger partial charge in [-0.25, -0.2) is 0 Å². The maximum absolute atomic E-state index is 5.15. The lowest BCUT2D eigenvalue weighted by Crippen LogP contribution is -1.65. The van der Waals surface area contributed by atoms with E-state index in [-0.39, 0.29) is 0 Å². The van der Waals surface area contributed by atoms with Gasteiger partial charge in [-0.15, -0.1) is 11.8 Å². The Hall–Kier alpha value is 0.505. The van der Waals surface area contributed by atoms with Gasteiger partial charge in [-0.1, -0.05) is 13.5 Å². The van der Waals surface area contributed by atoms with Gasteiger partial charge >= 0.3 is 0 Å². The van der Waals surface area contributed by atoms with Crippen molar-refractivity contribution in [3.8, 4) is 0 Å². The van der Waals surface area contributed by atoms with Crippen molar-refractivity contribution >= 4 is 30.5 Å². The molecule has 38 valence electrons. The topological polar surface area (TPSA) is 0 Å². The van der Waals surface area contributed by atoms with Crippen LogP contribution in [0.3, 0.4) is 0 Å². The monoisotopic (exact) mass is 130 g/mol. The van der Waals surface area contributed by atoms with Crippen molar-refractivity contribution in [3.05, 3.63) is 10.8 Å². The summed E-state index contributed by atoms with van der Waals surface area (Å²) in [5, 5.41) is 0. The highest BCUT2D eigenvalue weighted by atomic mass is 32.2. The third kappa shape index (κ3) is 4.36. The van der Waals surface area contributed by atoms with Crippen LogP contribution >= 0.6 is 23.4 Å². The summed E-state index contributed by atoms with van der Waals surface area (Å²) in [6, 6.07) is 0. The van der Waals surface area contributed by atoms with Gasteiger partial charge in [0.05, 0.1) is 0 Å². The predicted octanol–water partition coefficient (Wildman–Crippen LogP) is 2.03. The van der Waals surface area contributed by atoms with Crippen LogP contribution in [0.5, 0.6) is 0 Å². The van der Waals surface area contributed by atoms with E-state index in [1.54, 1.807) is 11.8 Å². The summed E-state index contributed by atoms with van der Waals surface area (Å²) >= 11 is 2.89. The lowest BCUT2D eigenvalue weighted by atomic mass is 10.8. The number of hydrogen-bond donors (Lipinski definition) is 0. The third-order valence-corrected chi connectivity index (χ3v) is 1.95. The minimum atomic E-state index is 0.988. The van der Waals surface area contributed by atoms with Gasteiger partial charge in [-0.05, 0) is 5.75 Å². The largest absolute Gasteiger partial charge is 0.187 e. The molecule has 0 aromatic heterocycles. The lowest BCUT2D eigenvalue weighted by molar-refractivity contribution is 1.54. The molecule has 0 saturated heterocycles. The summed E-state index contributed by atoms with van der Waals surface area (Å²) in [6.45, 7) is 5.74. The van der Waals surface area contributed by atoms with E-state index in [4.69, 9.17) is 7.12 Å². The molecule has 3 heteroatoms. The molecule has 0 aliphatic carbocycles. The Balaban J connectivity index is 3.00. The molecule has 0 spiro atoms. The summed E-state index contributed by atoms with van der Waals surface area (Å²) in [4.78, 5) is 0. The minimum absolute atomic E-state index is 0.988. The van der Waals surface area contributed by atoms with E-state index in [9.17, 15) is 0 Å². The zero-order valence-electron chi connectivity index (χ0n) is 4.31. The van der Waals surface area contributed by atoms with Gasteiger partial charge in [0.25, 0.3) is 0 Å². The van der Waals surface area contributed by atoms with Crippen LogP contribution in [0.1, 0.15) is 6.92 Å². The molecule has 0 aliphatic rings. The molecular formula is C4H7BS2. The van der Waals surface area contributed by atoms with Crippen LogP contribution in [0.15, 0.2) is 10.8 Å². The van der Waals surface area contributed by atoms with Crippen LogP contribution in [-0.4, -0.2) is 12.9 Å². The zero-order chi connectivity index (χ0) is 5.70. The second-order valence-corrected chi connectivity index (χ2v) is 3.27. The Morgan fingerprint density at radius 1 is 1.86 bits per heavy atom. The molecule has 0 unspecified atom stereocenters. The van der Waals surface area contributed by atoms with E-state index in [0.717, 1.165) is 9.99 Å². The third-order valence-electron chi connectivity index (χ3n) is 0.437. The van der Waals surface area contributed by atoms with Crippen molar-refractivity contribution in [2.75, 3.05) is 5.75 Å². The van der Waals surface area contributed by atoms with E-state index < -0.39 is 0 Å². The van der Waals surface area contributed by atoms with Crippen LogP contribution in [0.4, 0.5) is 0 Å². The fraction of sp³-hybridized carbons (Fsp3) is 0.500. The fourth-order valence-electron chi connectivity index (χ4n) is 0.195. The SMILES string of the molecule is [B]SC(=C)SCC. The smallest absolute Gasteiger partial charge is 0.169 e. The van der Waals surface area contributed by atoms with Crippen molar-refractivity contribution in [3.63, 3.8) is 0 Å². The predicted molar refractivity (Wildman–Crippen MR) is 40.6 cm³/mol. The Kier molecular flexibility index (Phi) is 4.99. The van der Waals surface area contributed by atoms with Gasteiger partial charge in [0.1, 0.15) is 0 Å². The van der Waals surface area contributed by atoms with Crippen LogP contribution in [-0.2, 0) is 0 Å². The maximum atomic E-state index is 5.15. The van der Waals surface area contributed by atoms with Gasteiger partial charge in [0.15, 0.2) is 7.12 Å². The lowest BCUT2D eigenvalue weighted by Gasteiger charge is -1.94. The van der Waals surface area contributed by atoms with E-state index in [1.165, 1.54) is 11.6 Å². The Bertz CT molecular complexity index is 62.7. The van der Waals surface area contributed by atoms with Crippen LogP contribution in [0, 0.1) is 0 Å². The quantitative estimate of drug-likeness (QED) is 0.536. The van der Waals surface area contributed by atoms with E-state index >= 15 is 0 Å². The Morgan fingerprint density at radius 2 is 2.43 bits per heavy atom. The molecule has 0 saturated carbocycles. The molecule has 0 fully saturated rings. The first-order valence-corrected chi connectivity index (χ1v) is 3.86. The highest BCUT2D eigenvalue weighted by Gasteiger charge is 1.83. The van der Waals surface area contributed by atoms with Gasteiger partial charge in [0.2, 0.25) is 0 Å². The second-order valence-electron chi connectivity index (χ2n) is 0.923. The first-order chi connectivity index (χ1) is 3.31. The van der Waals surface area contributed by atoms with E-state index in [0.29, 0.717) is 0 Å². The molecule has 0 amide bonds. The standard InChI is InChI=1S/C4H7BS2/c1-3-6-4(2)7-5/h2-3H2,1H3. The molecule has 0 heterocycles. The Morgan fingerprint density at radius 3 is 2.57 bits per heavy atom. The van der Waals surface area contributed by atoms with Crippen molar-refractivity contribution in [1.82, 2.24) is 0 Å². The van der Waals surface area contributed by atoms with Crippen LogP contribution in [0.25, 0.3) is 0 Å². The highest BCUT2D eigenvalue weighted by molar-refractivity contribution is 8.33. The second kappa shape index (κ2) is 4.66. The molecule has 0 rings (SSSR count). The average molecular weight is 130 g/mol. The fourth-order valence-corrected chi connectivity index (χ4v) is 1.14. The summed E-state index contributed by atoms with van der Waals surface area (Å²) in [6.07, 6.45) is 0. The average Bonchev–Trinajstić information content (AvgIpc) is 1.68. The molecule has 0 N–H and O–H groups in total. The van der Waals surface area contributed by atoms with E-state index in [1.807, 2.05) is 0 Å². The summed E-state index contributed by atoms with van der Waals surface area (Å²) < 4.78 is 0.988. The molecule has 0 aromatic rings. The van der Waals surface area contributed by atoms with Crippen molar-refractivity contribution in [1.29, 1.82) is 0 Å². The summed E-state index contributed by atoms with van der Waals surface area (Å²) in [5.74, 6) is 1.06. The maximum Gasteiger partial charge on any atom is 0.169 e. The van der Waals surface area contributed by atoms with Crippen molar-refractivity contribution in [2.24, 2.45) is 0 Å². The van der Waals surface area contributed by atoms with Gasteiger partial charge in [0, 0.05) is 4.24 Å². The van der Waals surface area contributed by atoms with Gasteiger partial charge in [-0.3, -0.25) is 0 Å². The number of thioether (sulfide) groups is 1. The molecule has 7 heavy (non-hydrogen) atoms. The molecule has 0 bridgehead atoms. The summed E-state index contributed by atoms with van der Waals surface area (Å²) in [5.41, 5.74) is 0. The first kappa shape index (κ1) is 7.50. The molecule has 0 aliphatic heterocycles. The number of hydrogen-bond acceptors (Lipinski definition) is 2. The molecular weight excluding hydrogens is 123 g/mol. The number of rotatable bonds is 3. The van der Waals surface area contributed by atoms with Crippen LogP contribution < -0.4 is 0 Å². The molecule has 0 nitrogen and oxygen atoms in total. The molecule has 0 aromatic carbocycles. The van der Waals surface area contributed by atoms with Crippen LogP contribution in [0.2, 0.25) is 0 Å². The zero-order valence-corrected chi connectivity index (χ0v) is 5.94. The van der Waals surface area contributed by atoms with Gasteiger partial charge < -0.3 is 0 Å². The van der Waals surface area contributed by atoms with Crippen molar-refractivity contribution < 1.29 is 0 Å². The highest BCUT2D eigenvalue weighted by Crippen LogP contribution is 2.21. The van der Waals surface area contributed by atoms with Gasteiger partial charge in [-0.2, -0.15) is 11.6 Å². The Labute approximate surface area is 54.4 Å².